The van der Waals surface area contributed by atoms with Crippen molar-refractivity contribution in [3.8, 4) is 0 Å². The minimum absolute atomic E-state index is 0.0599. The molecule has 1 saturated heterocycles. The highest BCUT2D eigenvalue weighted by Crippen LogP contribution is 2.15. The fraction of sp³-hybridized carbons (Fsp3) is 1.00. The Morgan fingerprint density at radius 1 is 1.82 bits per heavy atom. The summed E-state index contributed by atoms with van der Waals surface area (Å²) in [6.07, 6.45) is -0.777. The van der Waals surface area contributed by atoms with Crippen LogP contribution >= 0.6 is 8.46 Å². The Balaban J connectivity index is 2.29. The molecule has 1 fully saturated rings. The van der Waals surface area contributed by atoms with Crippen LogP contribution in [0.25, 0.3) is 0 Å². The molecule has 6 heteroatoms. The zero-order valence-electron chi connectivity index (χ0n) is 6.27. The van der Waals surface area contributed by atoms with Crippen molar-refractivity contribution in [2.24, 2.45) is 0 Å². The predicted molar refractivity (Wildman–Crippen MR) is 41.6 cm³/mol. The molecule has 0 radical (unpaired) electrons. The first-order chi connectivity index (χ1) is 5.25. The summed E-state index contributed by atoms with van der Waals surface area (Å²) >= 11 is 0. The minimum atomic E-state index is -0.586. The van der Waals surface area contributed by atoms with Crippen LogP contribution in [-0.4, -0.2) is 44.1 Å². The van der Waals surface area contributed by atoms with Crippen LogP contribution in [0.3, 0.4) is 0 Å². The van der Waals surface area contributed by atoms with Gasteiger partial charge in [-0.2, -0.15) is 0 Å². The van der Waals surface area contributed by atoms with E-state index in [2.05, 4.69) is 0 Å². The Hall–Kier alpha value is 0.0449. The first kappa shape index (κ1) is 9.14. The van der Waals surface area contributed by atoms with Gasteiger partial charge in [0.1, 0.15) is 26.4 Å². The monoisotopic (exact) mass is 176 g/mol. The van der Waals surface area contributed by atoms with Gasteiger partial charge in [0.2, 0.25) is 0 Å². The fourth-order valence-electron chi connectivity index (χ4n) is 1.02. The third-order valence-electron chi connectivity index (χ3n) is 1.73. The lowest BCUT2D eigenvalue weighted by Gasteiger charge is -2.12. The molecule has 0 amide bonds. The van der Waals surface area contributed by atoms with Crippen LogP contribution in [0, 0.1) is 0 Å². The largest absolute Gasteiger partial charge is 0.388 e. The van der Waals surface area contributed by atoms with E-state index >= 15 is 0 Å². The molecule has 1 rings (SSSR count). The highest BCUT2D eigenvalue weighted by Gasteiger charge is 2.33. The third-order valence-corrected chi connectivity index (χ3v) is 1.98. The number of aliphatic hydroxyl groups is 1. The van der Waals surface area contributed by atoms with Gasteiger partial charge in [0.25, 0.3) is 0 Å². The van der Waals surface area contributed by atoms with Crippen molar-refractivity contribution >= 4 is 16.3 Å². The molecule has 1 N–H and O–H groups in total. The lowest BCUT2D eigenvalue weighted by atomic mass is 9.94. The summed E-state index contributed by atoms with van der Waals surface area (Å²) in [5.41, 5.74) is 0. The number of hydrogen-bond donors (Lipinski definition) is 1. The summed E-state index contributed by atoms with van der Waals surface area (Å²) in [5, 5.41) is 9.33. The smallest absolute Gasteiger partial charge is 0.183 e. The standard InChI is InChI=1S/C5H10BO4P/c6-5-4(7)3(1-9-5)10-2-11-8/h3-5,7H,1-2,6H2/t3-,4-,5-/m0/s1. The van der Waals surface area contributed by atoms with Gasteiger partial charge < -0.3 is 14.6 Å². The molecule has 3 atom stereocenters. The Kier molecular flexibility index (Phi) is 3.46. The summed E-state index contributed by atoms with van der Waals surface area (Å²) in [6.45, 7) is 0.387. The molecule has 0 saturated carbocycles. The second kappa shape index (κ2) is 4.17. The molecule has 0 spiro atoms. The third kappa shape index (κ3) is 2.24. The number of hydrogen-bond acceptors (Lipinski definition) is 4. The second-order valence-corrected chi connectivity index (χ2v) is 3.01. The normalized spacial score (nSPS) is 38.1. The van der Waals surface area contributed by atoms with Crippen LogP contribution in [0.2, 0.25) is 0 Å². The minimum Gasteiger partial charge on any atom is -0.388 e. The molecule has 1 aliphatic heterocycles. The van der Waals surface area contributed by atoms with E-state index in [1.165, 1.54) is 0 Å². The van der Waals surface area contributed by atoms with E-state index in [1.807, 2.05) is 0 Å². The van der Waals surface area contributed by atoms with E-state index in [0.717, 1.165) is 0 Å². The first-order valence-corrected chi connectivity index (χ1v) is 4.46. The molecule has 0 aromatic heterocycles. The summed E-state index contributed by atoms with van der Waals surface area (Å²) < 4.78 is 20.1. The van der Waals surface area contributed by atoms with Gasteiger partial charge in [-0.3, -0.25) is 4.57 Å². The molecular formula is C5H10BO4P. The number of ether oxygens (including phenoxy) is 2. The molecule has 62 valence electrons. The summed E-state index contributed by atoms with van der Waals surface area (Å²) in [4.78, 5) is 0. The predicted octanol–water partition coefficient (Wildman–Crippen LogP) is -1.03. The molecule has 11 heavy (non-hydrogen) atoms. The lowest BCUT2D eigenvalue weighted by Crippen LogP contribution is -2.32. The van der Waals surface area contributed by atoms with Crippen molar-refractivity contribution in [3.05, 3.63) is 0 Å². The van der Waals surface area contributed by atoms with Crippen LogP contribution < -0.4 is 0 Å². The van der Waals surface area contributed by atoms with Crippen LogP contribution in [0.4, 0.5) is 0 Å². The number of aliphatic hydroxyl groups excluding tert-OH is 1. The SMILES string of the molecule is B[C@H]1OC[C@H](OCP=O)[C@@H]1O. The zero-order chi connectivity index (χ0) is 8.27. The Morgan fingerprint density at radius 3 is 3.00 bits per heavy atom. The topological polar surface area (TPSA) is 55.8 Å². The van der Waals surface area contributed by atoms with Gasteiger partial charge in [-0.1, -0.05) is 0 Å². The van der Waals surface area contributed by atoms with Crippen molar-refractivity contribution in [2.75, 3.05) is 13.0 Å². The molecule has 0 bridgehead atoms. The van der Waals surface area contributed by atoms with Gasteiger partial charge in [0.15, 0.2) is 8.46 Å². The van der Waals surface area contributed by atoms with Crippen LogP contribution in [0.1, 0.15) is 0 Å². The van der Waals surface area contributed by atoms with E-state index in [0.29, 0.717) is 6.61 Å². The van der Waals surface area contributed by atoms with Gasteiger partial charge in [0, 0.05) is 0 Å². The van der Waals surface area contributed by atoms with Crippen molar-refractivity contribution in [2.45, 2.75) is 18.2 Å². The van der Waals surface area contributed by atoms with E-state index in [-0.39, 0.29) is 26.9 Å². The average Bonchev–Trinajstić information content (AvgIpc) is 2.31. The van der Waals surface area contributed by atoms with Gasteiger partial charge in [-0.05, 0) is 0 Å². The Morgan fingerprint density at radius 2 is 2.55 bits per heavy atom. The van der Waals surface area contributed by atoms with Gasteiger partial charge in [-0.15, -0.1) is 0 Å². The van der Waals surface area contributed by atoms with E-state index in [1.54, 1.807) is 7.85 Å². The lowest BCUT2D eigenvalue weighted by molar-refractivity contribution is 0.00937. The molecule has 0 unspecified atom stereocenters. The van der Waals surface area contributed by atoms with Crippen molar-refractivity contribution < 1.29 is 19.1 Å². The molecular weight excluding hydrogens is 166 g/mol. The van der Waals surface area contributed by atoms with Crippen LogP contribution in [0.15, 0.2) is 0 Å². The quantitative estimate of drug-likeness (QED) is 0.441. The summed E-state index contributed by atoms with van der Waals surface area (Å²) in [6, 6.07) is -0.177. The van der Waals surface area contributed by atoms with Crippen LogP contribution in [0.5, 0.6) is 0 Å². The number of rotatable bonds is 3. The van der Waals surface area contributed by atoms with Crippen molar-refractivity contribution in [1.29, 1.82) is 0 Å². The molecule has 0 aliphatic carbocycles. The highest BCUT2D eigenvalue weighted by molar-refractivity contribution is 7.23. The average molecular weight is 176 g/mol. The zero-order valence-corrected chi connectivity index (χ0v) is 7.16. The van der Waals surface area contributed by atoms with Crippen LogP contribution in [-0.2, 0) is 14.0 Å². The van der Waals surface area contributed by atoms with Gasteiger partial charge >= 0.3 is 0 Å². The van der Waals surface area contributed by atoms with Gasteiger partial charge in [-0.25, -0.2) is 0 Å². The summed E-state index contributed by atoms with van der Waals surface area (Å²) in [5.74, 6) is 0. The second-order valence-electron chi connectivity index (χ2n) is 2.49. The van der Waals surface area contributed by atoms with Crippen molar-refractivity contribution in [1.82, 2.24) is 0 Å². The van der Waals surface area contributed by atoms with E-state index in [9.17, 15) is 9.67 Å². The molecule has 1 heterocycles. The first-order valence-electron chi connectivity index (χ1n) is 3.46. The van der Waals surface area contributed by atoms with E-state index < -0.39 is 6.10 Å². The maximum absolute atomic E-state index is 10.00. The highest BCUT2D eigenvalue weighted by atomic mass is 31.1. The Bertz CT molecular complexity index is 144. The fourth-order valence-corrected chi connectivity index (χ4v) is 1.27. The molecule has 0 aromatic rings. The maximum atomic E-state index is 10.00. The van der Waals surface area contributed by atoms with Crippen molar-refractivity contribution in [3.63, 3.8) is 0 Å². The summed E-state index contributed by atoms with van der Waals surface area (Å²) in [7, 11) is 1.72. The molecule has 1 aliphatic rings. The Labute approximate surface area is 67.5 Å². The van der Waals surface area contributed by atoms with Gasteiger partial charge in [0.05, 0.1) is 12.6 Å². The molecule has 0 aromatic carbocycles. The maximum Gasteiger partial charge on any atom is 0.183 e. The van der Waals surface area contributed by atoms with E-state index in [4.69, 9.17) is 9.47 Å². The molecule has 4 nitrogen and oxygen atoms in total.